The van der Waals surface area contributed by atoms with E-state index in [0.29, 0.717) is 0 Å². The molecule has 1 rings (SSSR count). The fourth-order valence-corrected chi connectivity index (χ4v) is 2.41. The largest absolute Gasteiger partial charge is 0.0788 e. The minimum Gasteiger partial charge on any atom is -0.0788 e. The first-order chi connectivity index (χ1) is 6.27. The normalized spacial score (nSPS) is 12.8. The molecule has 13 heavy (non-hydrogen) atoms. The van der Waals surface area contributed by atoms with Gasteiger partial charge in [0.15, 0.2) is 0 Å². The summed E-state index contributed by atoms with van der Waals surface area (Å²) in [5.74, 6) is 0. The number of benzene rings is 1. The zero-order valence-electron chi connectivity index (χ0n) is 8.88. The maximum absolute atomic E-state index is 2.35. The number of rotatable bonds is 4. The van der Waals surface area contributed by atoms with Gasteiger partial charge in [-0.3, -0.25) is 0 Å². The summed E-state index contributed by atoms with van der Waals surface area (Å²) in [6, 6.07) is 9.18. The molecule has 0 aliphatic heterocycles. The Balaban J connectivity index is 2.69. The predicted molar refractivity (Wildman–Crippen MR) is 63.5 cm³/mol. The molecule has 0 aliphatic carbocycles. The van der Waals surface area contributed by atoms with Crippen LogP contribution in [0.25, 0.3) is 0 Å². The van der Waals surface area contributed by atoms with Gasteiger partial charge >= 0.3 is 0 Å². The molecule has 0 heterocycles. The molecule has 1 aromatic rings. The van der Waals surface area contributed by atoms with Crippen LogP contribution in [0.15, 0.2) is 24.3 Å². The van der Waals surface area contributed by atoms with E-state index in [1.165, 1.54) is 29.9 Å². The van der Waals surface area contributed by atoms with Gasteiger partial charge in [0.1, 0.15) is 0 Å². The van der Waals surface area contributed by atoms with Gasteiger partial charge in [-0.2, -0.15) is 0 Å². The van der Waals surface area contributed by atoms with Gasteiger partial charge in [0.25, 0.3) is 0 Å². The smallest absolute Gasteiger partial charge is 0.0243 e. The third kappa shape index (κ3) is 3.12. The van der Waals surface area contributed by atoms with Crippen molar-refractivity contribution in [2.75, 3.05) is 12.8 Å². The fraction of sp³-hybridized carbons (Fsp3) is 0.500. The Morgan fingerprint density at radius 1 is 1.08 bits per heavy atom. The average Bonchev–Trinajstić information content (AvgIpc) is 2.18. The van der Waals surface area contributed by atoms with Crippen LogP contribution in [0.2, 0.25) is 0 Å². The van der Waals surface area contributed by atoms with E-state index in [1.807, 2.05) is 0 Å². The summed E-state index contributed by atoms with van der Waals surface area (Å²) >= 11 is 0. The Bertz CT molecular complexity index is 238. The van der Waals surface area contributed by atoms with Crippen molar-refractivity contribution in [2.24, 2.45) is 0 Å². The fourth-order valence-electron chi connectivity index (χ4n) is 1.39. The van der Waals surface area contributed by atoms with Crippen LogP contribution in [0.1, 0.15) is 25.8 Å². The van der Waals surface area contributed by atoms with E-state index in [0.717, 1.165) is 0 Å². The zero-order chi connectivity index (χ0) is 9.68. The van der Waals surface area contributed by atoms with Gasteiger partial charge < -0.3 is 0 Å². The Hall–Kier alpha value is -0.350. The molecule has 1 atom stereocenters. The molecule has 1 aromatic carbocycles. The highest BCUT2D eigenvalue weighted by Crippen LogP contribution is 2.28. The first-order valence-electron chi connectivity index (χ1n) is 5.08. The van der Waals surface area contributed by atoms with E-state index >= 15 is 0 Å². The molecule has 0 N–H and O–H groups in total. The van der Waals surface area contributed by atoms with Crippen molar-refractivity contribution in [1.82, 2.24) is 0 Å². The third-order valence-corrected chi connectivity index (χ3v) is 4.52. The molecule has 0 saturated heterocycles. The van der Waals surface area contributed by atoms with Crippen molar-refractivity contribution in [3.63, 3.8) is 0 Å². The average molecular weight is 194 g/mol. The molecule has 0 amide bonds. The van der Waals surface area contributed by atoms with Crippen LogP contribution in [-0.4, -0.2) is 12.8 Å². The van der Waals surface area contributed by atoms with Gasteiger partial charge in [0.2, 0.25) is 0 Å². The van der Waals surface area contributed by atoms with Crippen LogP contribution in [0.5, 0.6) is 0 Å². The number of hydrogen-bond acceptors (Lipinski definition) is 0. The van der Waals surface area contributed by atoms with E-state index in [9.17, 15) is 0 Å². The van der Waals surface area contributed by atoms with Crippen molar-refractivity contribution in [3.05, 3.63) is 29.8 Å². The second-order valence-electron chi connectivity index (χ2n) is 3.43. The Labute approximate surface area is 83.1 Å². The van der Waals surface area contributed by atoms with Crippen LogP contribution >= 0.6 is 7.92 Å². The molecule has 0 nitrogen and oxygen atoms in total. The van der Waals surface area contributed by atoms with E-state index in [2.05, 4.69) is 44.8 Å². The summed E-state index contributed by atoms with van der Waals surface area (Å²) in [6.45, 7) is 6.85. The van der Waals surface area contributed by atoms with Crippen molar-refractivity contribution in [3.8, 4) is 0 Å². The molecule has 0 bridgehead atoms. The summed E-state index contributed by atoms with van der Waals surface area (Å²) in [5.41, 5.74) is 1.48. The van der Waals surface area contributed by atoms with Crippen LogP contribution in [0, 0.1) is 0 Å². The lowest BCUT2D eigenvalue weighted by atomic mass is 10.1. The summed E-state index contributed by atoms with van der Waals surface area (Å²) in [6.07, 6.45) is 3.75. The minimum absolute atomic E-state index is 0.105. The molecule has 0 spiro atoms. The quantitative estimate of drug-likeness (QED) is 0.644. The van der Waals surface area contributed by atoms with Crippen molar-refractivity contribution >= 4 is 13.2 Å². The molecule has 0 saturated carbocycles. The first-order valence-corrected chi connectivity index (χ1v) is 7.05. The van der Waals surface area contributed by atoms with Crippen LogP contribution in [0.4, 0.5) is 0 Å². The molecule has 0 radical (unpaired) electrons. The molecule has 0 aliphatic rings. The Kier molecular flexibility index (Phi) is 4.45. The Morgan fingerprint density at radius 3 is 2.15 bits per heavy atom. The van der Waals surface area contributed by atoms with E-state index in [1.54, 1.807) is 0 Å². The van der Waals surface area contributed by atoms with Gasteiger partial charge in [-0.1, -0.05) is 52.5 Å². The zero-order valence-corrected chi connectivity index (χ0v) is 9.77. The number of hydrogen-bond donors (Lipinski definition) is 0. The maximum atomic E-state index is 2.35. The molecule has 0 aromatic heterocycles. The molecule has 1 unspecified atom stereocenters. The van der Waals surface area contributed by atoms with Gasteiger partial charge in [-0.25, -0.2) is 0 Å². The van der Waals surface area contributed by atoms with E-state index < -0.39 is 0 Å². The summed E-state index contributed by atoms with van der Waals surface area (Å²) in [5, 5.41) is 1.54. The lowest BCUT2D eigenvalue weighted by Crippen LogP contribution is -2.01. The predicted octanol–water partition coefficient (Wildman–Crippen LogP) is 3.40. The van der Waals surface area contributed by atoms with Crippen LogP contribution < -0.4 is 5.30 Å². The van der Waals surface area contributed by atoms with Gasteiger partial charge in [0, 0.05) is 0 Å². The highest BCUT2D eigenvalue weighted by Gasteiger charge is 2.00. The maximum Gasteiger partial charge on any atom is -0.0243 e. The molecule has 0 fully saturated rings. The lowest BCUT2D eigenvalue weighted by Gasteiger charge is -2.09. The third-order valence-electron chi connectivity index (χ3n) is 2.39. The van der Waals surface area contributed by atoms with Crippen molar-refractivity contribution in [1.29, 1.82) is 0 Å². The Morgan fingerprint density at radius 2 is 1.69 bits per heavy atom. The van der Waals surface area contributed by atoms with Gasteiger partial charge in [-0.15, -0.1) is 0 Å². The van der Waals surface area contributed by atoms with E-state index in [4.69, 9.17) is 0 Å². The molecule has 72 valence electrons. The summed E-state index contributed by atoms with van der Waals surface area (Å²) < 4.78 is 0. The van der Waals surface area contributed by atoms with Crippen molar-refractivity contribution in [2.45, 2.75) is 26.7 Å². The highest BCUT2D eigenvalue weighted by molar-refractivity contribution is 7.64. The first kappa shape index (κ1) is 10.7. The number of aryl methyl sites for hydroxylation is 1. The van der Waals surface area contributed by atoms with Crippen LogP contribution in [0.3, 0.4) is 0 Å². The summed E-state index contributed by atoms with van der Waals surface area (Å²) in [7, 11) is 0.105. The highest BCUT2D eigenvalue weighted by atomic mass is 31.1. The second kappa shape index (κ2) is 5.40. The lowest BCUT2D eigenvalue weighted by molar-refractivity contribution is 0.922. The monoisotopic (exact) mass is 194 g/mol. The molecule has 1 heteroatoms. The molecular formula is C12H19P. The topological polar surface area (TPSA) is 0 Å². The van der Waals surface area contributed by atoms with Gasteiger partial charge in [0.05, 0.1) is 0 Å². The standard InChI is InChI=1S/C12H19P/c1-4-6-11-7-9-12(10-8-11)13(3)5-2/h7-10H,4-6H2,1-3H3. The van der Waals surface area contributed by atoms with Crippen molar-refractivity contribution < 1.29 is 0 Å². The second-order valence-corrected chi connectivity index (χ2v) is 5.98. The SMILES string of the molecule is CCCc1ccc(P(C)CC)cc1. The minimum atomic E-state index is 0.105. The van der Waals surface area contributed by atoms with E-state index in [-0.39, 0.29) is 7.92 Å². The van der Waals surface area contributed by atoms with Gasteiger partial charge in [-0.05, 0) is 30.1 Å². The van der Waals surface area contributed by atoms with Crippen LogP contribution in [-0.2, 0) is 6.42 Å². The summed E-state index contributed by atoms with van der Waals surface area (Å²) in [4.78, 5) is 0. The molecular weight excluding hydrogens is 175 g/mol.